The van der Waals surface area contributed by atoms with E-state index in [1.807, 2.05) is 37.3 Å². The molecule has 0 aliphatic carbocycles. The molecule has 0 fully saturated rings. The number of nitrogens with one attached hydrogen (secondary N) is 2. The lowest BCUT2D eigenvalue weighted by Gasteiger charge is -2.09. The number of hydrogen-bond donors (Lipinski definition) is 2. The van der Waals surface area contributed by atoms with Crippen molar-refractivity contribution in [3.63, 3.8) is 0 Å². The van der Waals surface area contributed by atoms with Crippen molar-refractivity contribution < 1.29 is 4.79 Å². The zero-order valence-electron chi connectivity index (χ0n) is 13.5. The van der Waals surface area contributed by atoms with Crippen LogP contribution >= 0.6 is 11.6 Å². The second-order valence-corrected chi connectivity index (χ2v) is 5.83. The van der Waals surface area contributed by atoms with Gasteiger partial charge in [-0.1, -0.05) is 17.7 Å². The van der Waals surface area contributed by atoms with Gasteiger partial charge in [-0.05, 0) is 55.0 Å². The van der Waals surface area contributed by atoms with Crippen LogP contribution in [-0.4, -0.2) is 21.1 Å². The summed E-state index contributed by atoms with van der Waals surface area (Å²) in [5, 5.41) is 14.6. The number of benzene rings is 1. The molecule has 2 aromatic heterocycles. The number of aromatic nitrogens is 3. The molecule has 0 spiro atoms. The summed E-state index contributed by atoms with van der Waals surface area (Å²) >= 11 is 5.94. The van der Waals surface area contributed by atoms with Gasteiger partial charge in [-0.15, -0.1) is 10.2 Å². The van der Waals surface area contributed by atoms with Crippen LogP contribution in [0.15, 0.2) is 54.7 Å². The van der Waals surface area contributed by atoms with E-state index in [2.05, 4.69) is 25.8 Å². The Labute approximate surface area is 150 Å². The second-order valence-electron chi connectivity index (χ2n) is 5.39. The van der Waals surface area contributed by atoms with Gasteiger partial charge in [0.2, 0.25) is 0 Å². The van der Waals surface area contributed by atoms with Crippen LogP contribution in [-0.2, 0) is 6.54 Å². The third-order valence-corrected chi connectivity index (χ3v) is 3.74. The van der Waals surface area contributed by atoms with E-state index in [0.29, 0.717) is 17.4 Å². The zero-order valence-corrected chi connectivity index (χ0v) is 14.3. The van der Waals surface area contributed by atoms with Crippen LogP contribution < -0.4 is 10.6 Å². The molecule has 0 aliphatic rings. The Morgan fingerprint density at radius 3 is 2.68 bits per heavy atom. The minimum absolute atomic E-state index is 0.245. The lowest BCUT2D eigenvalue weighted by atomic mass is 10.2. The first-order chi connectivity index (χ1) is 12.1. The van der Waals surface area contributed by atoms with E-state index < -0.39 is 0 Å². The summed E-state index contributed by atoms with van der Waals surface area (Å²) in [6, 6.07) is 14.4. The first-order valence-corrected chi connectivity index (χ1v) is 8.04. The molecule has 126 valence electrons. The van der Waals surface area contributed by atoms with Gasteiger partial charge < -0.3 is 10.6 Å². The van der Waals surface area contributed by atoms with Crippen LogP contribution in [0, 0.1) is 6.92 Å². The molecule has 1 aromatic carbocycles. The van der Waals surface area contributed by atoms with Gasteiger partial charge in [-0.3, -0.25) is 9.78 Å². The highest BCUT2D eigenvalue weighted by atomic mass is 35.5. The first kappa shape index (κ1) is 16.9. The van der Waals surface area contributed by atoms with Crippen molar-refractivity contribution in [2.24, 2.45) is 0 Å². The van der Waals surface area contributed by atoms with Crippen LogP contribution in [0.2, 0.25) is 5.02 Å². The second kappa shape index (κ2) is 7.72. The summed E-state index contributed by atoms with van der Waals surface area (Å²) in [6.07, 6.45) is 1.68. The molecule has 2 heterocycles. The molecule has 3 rings (SSSR count). The minimum atomic E-state index is -0.299. The number of pyridine rings is 1. The quantitative estimate of drug-likeness (QED) is 0.733. The predicted octanol–water partition coefficient (Wildman–Crippen LogP) is 3.51. The Hall–Kier alpha value is -2.99. The lowest BCUT2D eigenvalue weighted by Crippen LogP contribution is -2.24. The average Bonchev–Trinajstić information content (AvgIpc) is 2.63. The van der Waals surface area contributed by atoms with E-state index >= 15 is 0 Å². The predicted molar refractivity (Wildman–Crippen MR) is 96.9 cm³/mol. The number of halogens is 1. The van der Waals surface area contributed by atoms with Crippen LogP contribution in [0.1, 0.15) is 21.7 Å². The number of amides is 1. The number of carbonyl (C=O) groups is 1. The van der Waals surface area contributed by atoms with Gasteiger partial charge in [0.15, 0.2) is 11.5 Å². The van der Waals surface area contributed by atoms with Gasteiger partial charge in [0, 0.05) is 16.9 Å². The van der Waals surface area contributed by atoms with Crippen LogP contribution in [0.5, 0.6) is 0 Å². The normalized spacial score (nSPS) is 10.3. The van der Waals surface area contributed by atoms with Crippen molar-refractivity contribution in [1.29, 1.82) is 0 Å². The lowest BCUT2D eigenvalue weighted by molar-refractivity contribution is 0.0944. The fourth-order valence-electron chi connectivity index (χ4n) is 2.19. The summed E-state index contributed by atoms with van der Waals surface area (Å²) in [5.41, 5.74) is 2.90. The molecule has 0 saturated carbocycles. The van der Waals surface area contributed by atoms with Crippen molar-refractivity contribution in [1.82, 2.24) is 20.5 Å². The van der Waals surface area contributed by atoms with Crippen molar-refractivity contribution in [3.8, 4) is 0 Å². The Bertz CT molecular complexity index is 868. The third kappa shape index (κ3) is 4.51. The van der Waals surface area contributed by atoms with Crippen molar-refractivity contribution >= 4 is 29.0 Å². The summed E-state index contributed by atoms with van der Waals surface area (Å²) in [7, 11) is 0. The minimum Gasteiger partial charge on any atom is -0.345 e. The molecule has 0 radical (unpaired) electrons. The smallest absolute Gasteiger partial charge is 0.272 e. The highest BCUT2D eigenvalue weighted by Crippen LogP contribution is 2.22. The number of hydrogen-bond acceptors (Lipinski definition) is 5. The van der Waals surface area contributed by atoms with Crippen LogP contribution in [0.3, 0.4) is 0 Å². The summed E-state index contributed by atoms with van der Waals surface area (Å²) in [4.78, 5) is 16.3. The van der Waals surface area contributed by atoms with Gasteiger partial charge in [-0.25, -0.2) is 0 Å². The SMILES string of the molecule is Cc1cc(Cl)ccc1Nc1ccc(C(=O)NCc2ccccn2)nn1. The summed E-state index contributed by atoms with van der Waals surface area (Å²) in [5.74, 6) is 0.249. The molecular formula is C18H16ClN5O. The molecule has 0 atom stereocenters. The van der Waals surface area contributed by atoms with E-state index in [0.717, 1.165) is 16.9 Å². The first-order valence-electron chi connectivity index (χ1n) is 7.67. The Morgan fingerprint density at radius 2 is 2.00 bits per heavy atom. The largest absolute Gasteiger partial charge is 0.345 e. The summed E-state index contributed by atoms with van der Waals surface area (Å²) in [6.45, 7) is 2.28. The average molecular weight is 354 g/mol. The highest BCUT2D eigenvalue weighted by molar-refractivity contribution is 6.30. The molecular weight excluding hydrogens is 338 g/mol. The van der Waals surface area contributed by atoms with Crippen LogP contribution in [0.4, 0.5) is 11.5 Å². The van der Waals surface area contributed by atoms with Crippen LogP contribution in [0.25, 0.3) is 0 Å². The van der Waals surface area contributed by atoms with Gasteiger partial charge in [0.05, 0.1) is 12.2 Å². The number of nitrogens with zero attached hydrogens (tertiary/aromatic N) is 3. The Morgan fingerprint density at radius 1 is 1.12 bits per heavy atom. The molecule has 0 aliphatic heterocycles. The van der Waals surface area contributed by atoms with E-state index in [9.17, 15) is 4.79 Å². The van der Waals surface area contributed by atoms with E-state index in [1.165, 1.54) is 0 Å². The number of anilines is 2. The molecule has 25 heavy (non-hydrogen) atoms. The molecule has 3 aromatic rings. The third-order valence-electron chi connectivity index (χ3n) is 3.50. The van der Waals surface area contributed by atoms with E-state index in [1.54, 1.807) is 24.4 Å². The van der Waals surface area contributed by atoms with Crippen molar-refractivity contribution in [2.75, 3.05) is 5.32 Å². The molecule has 0 saturated heterocycles. The van der Waals surface area contributed by atoms with E-state index in [-0.39, 0.29) is 11.6 Å². The van der Waals surface area contributed by atoms with Gasteiger partial charge in [0.1, 0.15) is 0 Å². The fourth-order valence-corrected chi connectivity index (χ4v) is 2.42. The molecule has 0 bridgehead atoms. The van der Waals surface area contributed by atoms with Crippen molar-refractivity contribution in [2.45, 2.75) is 13.5 Å². The van der Waals surface area contributed by atoms with Gasteiger partial charge >= 0.3 is 0 Å². The maximum Gasteiger partial charge on any atom is 0.272 e. The molecule has 7 heteroatoms. The Balaban J connectivity index is 1.62. The zero-order chi connectivity index (χ0) is 17.6. The number of carbonyl (C=O) groups excluding carboxylic acids is 1. The molecule has 2 N–H and O–H groups in total. The number of rotatable bonds is 5. The fraction of sp³-hybridized carbons (Fsp3) is 0.111. The van der Waals surface area contributed by atoms with Gasteiger partial charge in [-0.2, -0.15) is 0 Å². The molecule has 0 unspecified atom stereocenters. The maximum absolute atomic E-state index is 12.1. The number of aryl methyl sites for hydroxylation is 1. The maximum atomic E-state index is 12.1. The molecule has 1 amide bonds. The standard InChI is InChI=1S/C18H16ClN5O/c1-12-10-13(19)5-6-15(12)22-17-8-7-16(23-24-17)18(25)21-11-14-4-2-3-9-20-14/h2-10H,11H2,1H3,(H,21,25)(H,22,24). The van der Waals surface area contributed by atoms with E-state index in [4.69, 9.17) is 11.6 Å². The highest BCUT2D eigenvalue weighted by Gasteiger charge is 2.09. The monoisotopic (exact) mass is 353 g/mol. The van der Waals surface area contributed by atoms with Crippen molar-refractivity contribution in [3.05, 3.63) is 76.7 Å². The summed E-state index contributed by atoms with van der Waals surface area (Å²) < 4.78 is 0. The molecule has 6 nitrogen and oxygen atoms in total. The Kier molecular flexibility index (Phi) is 5.20. The topological polar surface area (TPSA) is 79.8 Å². The van der Waals surface area contributed by atoms with Gasteiger partial charge in [0.25, 0.3) is 5.91 Å².